The zero-order valence-electron chi connectivity index (χ0n) is 8.33. The van der Waals surface area contributed by atoms with E-state index < -0.39 is 0 Å². The Morgan fingerprint density at radius 1 is 1.53 bits per heavy atom. The predicted molar refractivity (Wildman–Crippen MR) is 68.3 cm³/mol. The minimum atomic E-state index is 0.850. The van der Waals surface area contributed by atoms with E-state index in [0.29, 0.717) is 0 Å². The molecule has 0 aliphatic carbocycles. The number of pyridine rings is 1. The van der Waals surface area contributed by atoms with E-state index in [4.69, 9.17) is 0 Å². The molecular weight excluding hydrogens is 272 g/mol. The van der Waals surface area contributed by atoms with Gasteiger partial charge in [0.1, 0.15) is 0 Å². The average molecular weight is 283 g/mol. The summed E-state index contributed by atoms with van der Waals surface area (Å²) < 4.78 is 1.21. The van der Waals surface area contributed by atoms with Gasteiger partial charge >= 0.3 is 0 Å². The van der Waals surface area contributed by atoms with E-state index in [1.807, 2.05) is 18.3 Å². The molecule has 2 heterocycles. The predicted octanol–water partition coefficient (Wildman–Crippen LogP) is 3.83. The van der Waals surface area contributed by atoms with Crippen LogP contribution in [0, 0.1) is 6.92 Å². The summed E-state index contributed by atoms with van der Waals surface area (Å²) in [7, 11) is 0. The Hall–Kier alpha value is -0.870. The van der Waals surface area contributed by atoms with E-state index in [0.717, 1.165) is 12.2 Å². The van der Waals surface area contributed by atoms with Crippen LogP contribution < -0.4 is 5.32 Å². The SMILES string of the molecule is Cc1cc(CNc2cccnc2)sc1Br. The quantitative estimate of drug-likeness (QED) is 0.926. The average Bonchev–Trinajstić information content (AvgIpc) is 2.57. The number of aryl methyl sites for hydroxylation is 1. The molecule has 0 aliphatic heterocycles. The molecule has 0 aromatic carbocycles. The fourth-order valence-corrected chi connectivity index (χ4v) is 2.84. The summed E-state index contributed by atoms with van der Waals surface area (Å²) in [5.74, 6) is 0. The molecule has 0 saturated heterocycles. The minimum absolute atomic E-state index is 0.850. The zero-order chi connectivity index (χ0) is 10.7. The second kappa shape index (κ2) is 4.77. The lowest BCUT2D eigenvalue weighted by atomic mass is 10.3. The van der Waals surface area contributed by atoms with Crippen molar-refractivity contribution in [3.05, 3.63) is 44.8 Å². The zero-order valence-corrected chi connectivity index (χ0v) is 10.7. The highest BCUT2D eigenvalue weighted by atomic mass is 79.9. The van der Waals surface area contributed by atoms with Crippen molar-refractivity contribution < 1.29 is 0 Å². The van der Waals surface area contributed by atoms with Crippen molar-refractivity contribution in [2.45, 2.75) is 13.5 Å². The number of aromatic nitrogens is 1. The van der Waals surface area contributed by atoms with Gasteiger partial charge in [0.2, 0.25) is 0 Å². The number of nitrogens with one attached hydrogen (secondary N) is 1. The molecule has 4 heteroatoms. The number of anilines is 1. The maximum atomic E-state index is 4.05. The third-order valence-corrected chi connectivity index (χ3v) is 4.17. The molecule has 0 unspecified atom stereocenters. The van der Waals surface area contributed by atoms with Crippen molar-refractivity contribution in [1.82, 2.24) is 4.98 Å². The first kappa shape index (κ1) is 10.6. The van der Waals surface area contributed by atoms with Crippen LogP contribution in [0.4, 0.5) is 5.69 Å². The Kier molecular flexibility index (Phi) is 3.38. The number of rotatable bonds is 3. The van der Waals surface area contributed by atoms with Gasteiger partial charge in [-0.05, 0) is 46.6 Å². The second-order valence-electron chi connectivity index (χ2n) is 3.26. The van der Waals surface area contributed by atoms with Gasteiger partial charge in [-0.25, -0.2) is 0 Å². The van der Waals surface area contributed by atoms with Gasteiger partial charge in [0.25, 0.3) is 0 Å². The Morgan fingerprint density at radius 2 is 2.40 bits per heavy atom. The van der Waals surface area contributed by atoms with Crippen molar-refractivity contribution >= 4 is 33.0 Å². The van der Waals surface area contributed by atoms with Gasteiger partial charge in [0.15, 0.2) is 0 Å². The molecule has 2 nitrogen and oxygen atoms in total. The molecule has 0 radical (unpaired) electrons. The molecule has 78 valence electrons. The summed E-state index contributed by atoms with van der Waals surface area (Å²) in [4.78, 5) is 5.37. The standard InChI is InChI=1S/C11H11BrN2S/c1-8-5-10(15-11(8)12)7-14-9-3-2-4-13-6-9/h2-6,14H,7H2,1H3. The van der Waals surface area contributed by atoms with Crippen molar-refractivity contribution in [2.24, 2.45) is 0 Å². The van der Waals surface area contributed by atoms with E-state index in [2.05, 4.69) is 39.2 Å². The van der Waals surface area contributed by atoms with Crippen LogP contribution in [0.1, 0.15) is 10.4 Å². The fraction of sp³-hybridized carbons (Fsp3) is 0.182. The minimum Gasteiger partial charge on any atom is -0.379 e. The van der Waals surface area contributed by atoms with Crippen LogP contribution in [0.15, 0.2) is 34.4 Å². The molecular formula is C11H11BrN2S. The van der Waals surface area contributed by atoms with Gasteiger partial charge in [0, 0.05) is 23.8 Å². The van der Waals surface area contributed by atoms with Crippen LogP contribution >= 0.6 is 27.3 Å². The first-order valence-electron chi connectivity index (χ1n) is 4.64. The number of hydrogen-bond donors (Lipinski definition) is 1. The second-order valence-corrected chi connectivity index (χ2v) is 5.72. The molecule has 2 rings (SSSR count). The van der Waals surface area contributed by atoms with Crippen LogP contribution in [0.5, 0.6) is 0 Å². The third kappa shape index (κ3) is 2.79. The first-order chi connectivity index (χ1) is 7.25. The molecule has 0 bridgehead atoms. The van der Waals surface area contributed by atoms with Crippen LogP contribution in [0.2, 0.25) is 0 Å². The topological polar surface area (TPSA) is 24.9 Å². The summed E-state index contributed by atoms with van der Waals surface area (Å²) in [6.07, 6.45) is 3.60. The molecule has 0 spiro atoms. The summed E-state index contributed by atoms with van der Waals surface area (Å²) in [6.45, 7) is 2.96. The summed E-state index contributed by atoms with van der Waals surface area (Å²) in [5, 5.41) is 3.33. The number of nitrogens with zero attached hydrogens (tertiary/aromatic N) is 1. The van der Waals surface area contributed by atoms with E-state index in [1.165, 1.54) is 14.2 Å². The lowest BCUT2D eigenvalue weighted by Gasteiger charge is -2.02. The van der Waals surface area contributed by atoms with Gasteiger partial charge in [-0.1, -0.05) is 0 Å². The lowest BCUT2D eigenvalue weighted by Crippen LogP contribution is -1.97. The van der Waals surface area contributed by atoms with Crippen molar-refractivity contribution in [3.8, 4) is 0 Å². The van der Waals surface area contributed by atoms with Crippen LogP contribution in [-0.4, -0.2) is 4.98 Å². The van der Waals surface area contributed by atoms with Gasteiger partial charge < -0.3 is 5.32 Å². The van der Waals surface area contributed by atoms with E-state index in [1.54, 1.807) is 17.5 Å². The molecule has 2 aromatic rings. The maximum Gasteiger partial charge on any atom is 0.0731 e. The lowest BCUT2D eigenvalue weighted by molar-refractivity contribution is 1.17. The molecule has 0 amide bonds. The fourth-order valence-electron chi connectivity index (χ4n) is 1.27. The third-order valence-electron chi connectivity index (χ3n) is 2.04. The van der Waals surface area contributed by atoms with Crippen LogP contribution in [0.25, 0.3) is 0 Å². The summed E-state index contributed by atoms with van der Waals surface area (Å²) in [6, 6.07) is 6.14. The highest BCUT2D eigenvalue weighted by molar-refractivity contribution is 9.11. The van der Waals surface area contributed by atoms with Crippen molar-refractivity contribution in [3.63, 3.8) is 0 Å². The van der Waals surface area contributed by atoms with E-state index in [-0.39, 0.29) is 0 Å². The van der Waals surface area contributed by atoms with Gasteiger partial charge in [-0.2, -0.15) is 0 Å². The van der Waals surface area contributed by atoms with Gasteiger partial charge in [-0.15, -0.1) is 11.3 Å². The largest absolute Gasteiger partial charge is 0.379 e. The first-order valence-corrected chi connectivity index (χ1v) is 6.25. The van der Waals surface area contributed by atoms with Gasteiger partial charge in [-0.3, -0.25) is 4.98 Å². The molecule has 0 aliphatic rings. The Balaban J connectivity index is 1.99. The molecule has 15 heavy (non-hydrogen) atoms. The van der Waals surface area contributed by atoms with Crippen molar-refractivity contribution in [1.29, 1.82) is 0 Å². The maximum absolute atomic E-state index is 4.05. The molecule has 0 saturated carbocycles. The van der Waals surface area contributed by atoms with Crippen LogP contribution in [0.3, 0.4) is 0 Å². The summed E-state index contributed by atoms with van der Waals surface area (Å²) >= 11 is 5.29. The Morgan fingerprint density at radius 3 is 3.00 bits per heavy atom. The number of hydrogen-bond acceptors (Lipinski definition) is 3. The summed E-state index contributed by atoms with van der Waals surface area (Å²) in [5.41, 5.74) is 2.35. The molecule has 2 aromatic heterocycles. The molecule has 1 N–H and O–H groups in total. The normalized spacial score (nSPS) is 10.3. The van der Waals surface area contributed by atoms with Crippen LogP contribution in [-0.2, 0) is 6.54 Å². The highest BCUT2D eigenvalue weighted by Crippen LogP contribution is 2.27. The van der Waals surface area contributed by atoms with Gasteiger partial charge in [0.05, 0.1) is 9.47 Å². The molecule has 0 fully saturated rings. The highest BCUT2D eigenvalue weighted by Gasteiger charge is 2.02. The molecule has 0 atom stereocenters. The van der Waals surface area contributed by atoms with Crippen molar-refractivity contribution in [2.75, 3.05) is 5.32 Å². The van der Waals surface area contributed by atoms with E-state index >= 15 is 0 Å². The van der Waals surface area contributed by atoms with E-state index in [9.17, 15) is 0 Å². The number of halogens is 1. The number of thiophene rings is 1. The Bertz CT molecular complexity index is 420. The smallest absolute Gasteiger partial charge is 0.0731 e. The Labute approximate surface area is 101 Å². The monoisotopic (exact) mass is 282 g/mol.